The van der Waals surface area contributed by atoms with Crippen molar-refractivity contribution in [2.75, 3.05) is 65.4 Å². The van der Waals surface area contributed by atoms with Crippen LogP contribution in [0.1, 0.15) is 146 Å². The summed E-state index contributed by atoms with van der Waals surface area (Å²) in [6.07, 6.45) is 1.87. The van der Waals surface area contributed by atoms with Crippen molar-refractivity contribution >= 4 is 140 Å². The molecule has 24 N–H and O–H groups in total. The molecule has 9 rings (SSSR count). The van der Waals surface area contributed by atoms with E-state index in [4.69, 9.17) is 22.9 Å². The Morgan fingerprint density at radius 1 is 0.507 bits per heavy atom. The molecule has 6 heterocycles. The van der Waals surface area contributed by atoms with E-state index >= 15 is 43.2 Å². The molecule has 0 spiro atoms. The van der Waals surface area contributed by atoms with Gasteiger partial charge in [-0.1, -0.05) is 88.1 Å². The predicted octanol–water partition coefficient (Wildman–Crippen LogP) is -2.89. The first-order chi connectivity index (χ1) is 64.9. The van der Waals surface area contributed by atoms with Gasteiger partial charge in [-0.15, -0.1) is 11.8 Å². The van der Waals surface area contributed by atoms with Crippen molar-refractivity contribution in [2.45, 2.75) is 240 Å². The van der Waals surface area contributed by atoms with Gasteiger partial charge >= 0.3 is 5.97 Å². The van der Waals surface area contributed by atoms with E-state index in [0.29, 0.717) is 64.2 Å². The second-order valence-electron chi connectivity index (χ2n) is 34.5. The number of benzene rings is 3. The van der Waals surface area contributed by atoms with Crippen molar-refractivity contribution in [3.05, 3.63) is 120 Å². The average Bonchev–Trinajstić information content (AvgIpc) is 1.63. The van der Waals surface area contributed by atoms with E-state index < -0.39 is 254 Å². The van der Waals surface area contributed by atoms with Gasteiger partial charge in [-0.05, 0) is 119 Å². The summed E-state index contributed by atoms with van der Waals surface area (Å²) in [7, 11) is 3.95. The van der Waals surface area contributed by atoms with Gasteiger partial charge < -0.3 is 131 Å². The second-order valence-corrected chi connectivity index (χ2v) is 35.5. The molecule has 6 aromatic rings. The predicted molar refractivity (Wildman–Crippen MR) is 498 cm³/mol. The molecule has 0 saturated carbocycles. The number of nitrogens with zero attached hydrogens (tertiary/aromatic N) is 6. The van der Waals surface area contributed by atoms with Crippen molar-refractivity contribution in [3.63, 3.8) is 0 Å². The molecule has 3 aliphatic heterocycles. The number of aromatic hydroxyl groups is 1. The number of rotatable bonds is 28. The fraction of sp³-hybridized carbons (Fsp3) is 0.527. The monoisotopic (exact) mass is 1910 g/mol. The Bertz CT molecular complexity index is 5230. The van der Waals surface area contributed by atoms with Crippen molar-refractivity contribution in [3.8, 4) is 5.75 Å². The SMILES string of the molecule is CCCC[C@H]1C(=O)N(C)[C@@H](CCCC)C(=O)N[C@@H](CCN)C(=O)N[C@H](C(=O)NCC(N)=O)CSCC(=O)N[C@@H](Cc2ccc(O)cc2)C(=O)N(C)[C@@H](C)C(=O)N[C@@H](CCC(N)=O)C(=O)N2CCC[C@H]2C(=O)N[C@@H](Cc2cnc[nH]2)C(=O)N[C@@H](CCC(=O)O)C(=O)N2C[C@H](O)C[C@H]2C(=O)N[C@@H](Cc2c[nH]c3ccccc23)C(=O)N[C@@H](CCCN)C(=O)N[C@@H](Cc2c[nH]c3ccccc23)C(=O)N1C. The lowest BCUT2D eigenvalue weighted by atomic mass is 9.99. The number of unbranched alkanes of at least 4 members (excludes halogenated alkanes) is 2. The van der Waals surface area contributed by atoms with Crippen LogP contribution in [-0.2, 0) is 112 Å². The number of primary amides is 2. The van der Waals surface area contributed by atoms with E-state index in [1.165, 1.54) is 69.8 Å². The summed E-state index contributed by atoms with van der Waals surface area (Å²) in [5.74, 6) is -18.4. The van der Waals surface area contributed by atoms with Gasteiger partial charge in [0.1, 0.15) is 90.3 Å². The van der Waals surface area contributed by atoms with Crippen molar-refractivity contribution in [1.82, 2.24) is 97.6 Å². The van der Waals surface area contributed by atoms with Gasteiger partial charge in [0.05, 0.1) is 24.7 Å². The molecule has 3 fully saturated rings. The number of nitrogens with one attached hydrogen (secondary N) is 13. The summed E-state index contributed by atoms with van der Waals surface area (Å²) >= 11 is 0.770. The number of aliphatic hydroxyl groups excluding tert-OH is 1. The van der Waals surface area contributed by atoms with E-state index in [0.717, 1.165) is 31.4 Å². The van der Waals surface area contributed by atoms with Crippen LogP contribution < -0.4 is 76.1 Å². The molecule has 3 aliphatic rings. The Kier molecular flexibility index (Phi) is 40.0. The van der Waals surface area contributed by atoms with Gasteiger partial charge in [-0.25, -0.2) is 4.98 Å². The number of carbonyl (C=O) groups is 18. The number of hydrogen-bond donors (Lipinski definition) is 20. The van der Waals surface area contributed by atoms with Crippen LogP contribution in [0.5, 0.6) is 5.75 Å². The number of carboxylic acid groups (broad SMARTS) is 1. The highest BCUT2D eigenvalue weighted by Crippen LogP contribution is 2.28. The van der Waals surface area contributed by atoms with Crippen molar-refractivity contribution in [1.29, 1.82) is 0 Å². The summed E-state index contributed by atoms with van der Waals surface area (Å²) in [5.41, 5.74) is 26.2. The number of fused-ring (bicyclic) bond motifs is 4. The number of H-pyrrole nitrogens is 3. The first-order valence-corrected chi connectivity index (χ1v) is 46.8. The van der Waals surface area contributed by atoms with Crippen LogP contribution in [0.25, 0.3) is 21.8 Å². The smallest absolute Gasteiger partial charge is 0.303 e. The standard InChI is InChI=1S/C91H127N23O21S/c1-7-9-22-70-84(128)103-62(33-35-93)81(125)109-69(79(123)99-45-75(95)118)47-136-48-76(119)101-67(37-51-25-27-55(115)28-26-51)87(131)110(4)50(3)78(122)104-63(29-31-74(94)117)89(133)113-36-16-24-71(113)85(129)107-66(40-54-44-96-49-100-54)83(127)105-64(30-32-77(120)121)90(134)114-46-56(116)41-73(114)86(130)106-65(38-52-42-97-59-19-13-11-17-57(52)59)82(126)102-61(21-15-34-92)80(124)108-68(39-53-43-98-60-20-14-12-18-58(53)60)88(132)112(6)72(23-10-8-2)91(135)111(70)5/h11-14,17-20,25-28,42-44,49-50,56,61-73,97-98,115-116H,7-10,15-16,21-24,29-41,45-48,92-93H2,1-6H3,(H2,94,117)(H2,95,118)(H,96,100)(H,99,123)(H,101,119)(H,102,126)(H,103,128)(H,104,122)(H,105,127)(H,106,130)(H,107,129)(H,108,124)(H,109,125)(H,120,121)/t50-,56+,61-,62-,63-,64-,65-,66-,67-,68-,69-,70-,71-,72-,73-/m0/s1. The van der Waals surface area contributed by atoms with Crippen LogP contribution in [0.4, 0.5) is 0 Å². The highest BCUT2D eigenvalue weighted by atomic mass is 32.2. The van der Waals surface area contributed by atoms with Crippen molar-refractivity contribution < 1.29 is 102 Å². The van der Waals surface area contributed by atoms with Crippen LogP contribution in [-0.4, -0.2) is 322 Å². The molecule has 0 unspecified atom stereocenters. The molecule has 44 nitrogen and oxygen atoms in total. The molecular formula is C91H127N23O21S. The number of carboxylic acids is 1. The molecule has 738 valence electrons. The number of phenolic OH excluding ortho intramolecular Hbond substituents is 1. The highest BCUT2D eigenvalue weighted by molar-refractivity contribution is 8.00. The zero-order valence-corrected chi connectivity index (χ0v) is 77.9. The second kappa shape index (κ2) is 51.2. The number of aromatic nitrogens is 4. The first kappa shape index (κ1) is 106. The molecule has 3 aromatic carbocycles. The molecule has 15 atom stereocenters. The zero-order valence-electron chi connectivity index (χ0n) is 77.1. The number of imidazole rings is 1. The Morgan fingerprint density at radius 2 is 1.03 bits per heavy atom. The summed E-state index contributed by atoms with van der Waals surface area (Å²) in [6, 6.07) is -2.07. The fourth-order valence-electron chi connectivity index (χ4n) is 16.8. The number of phenols is 1. The third-order valence-electron chi connectivity index (χ3n) is 24.5. The number of carbonyl (C=O) groups excluding carboxylic acids is 17. The maximum Gasteiger partial charge on any atom is 0.303 e. The lowest BCUT2D eigenvalue weighted by Crippen LogP contribution is -2.61. The summed E-state index contributed by atoms with van der Waals surface area (Å²) < 4.78 is 0. The summed E-state index contributed by atoms with van der Waals surface area (Å²) in [5, 5.41) is 59.7. The van der Waals surface area contributed by atoms with Gasteiger partial charge in [-0.2, -0.15) is 0 Å². The van der Waals surface area contributed by atoms with Crippen LogP contribution >= 0.6 is 11.8 Å². The molecule has 136 heavy (non-hydrogen) atoms. The minimum absolute atomic E-state index is 0.00303. The molecule has 45 heteroatoms. The number of amides is 17. The van der Waals surface area contributed by atoms with Crippen molar-refractivity contribution in [2.24, 2.45) is 22.9 Å². The summed E-state index contributed by atoms with van der Waals surface area (Å²) in [6.45, 7) is 3.31. The number of para-hydroxylation sites is 2. The molecule has 0 radical (unpaired) electrons. The Hall–Kier alpha value is -13.6. The third-order valence-corrected chi connectivity index (χ3v) is 25.6. The molecule has 3 aromatic heterocycles. The van der Waals surface area contributed by atoms with Gasteiger partial charge in [0.15, 0.2) is 0 Å². The molecule has 3 saturated heterocycles. The van der Waals surface area contributed by atoms with Gasteiger partial charge in [0, 0.05) is 131 Å². The lowest BCUT2D eigenvalue weighted by molar-refractivity contribution is -0.149. The van der Waals surface area contributed by atoms with Crippen LogP contribution in [0.3, 0.4) is 0 Å². The number of hydrogen-bond acceptors (Lipinski definition) is 24. The van der Waals surface area contributed by atoms with Crippen LogP contribution in [0.2, 0.25) is 0 Å². The number of nitrogens with two attached hydrogens (primary N) is 4. The molecule has 0 aliphatic carbocycles. The van der Waals surface area contributed by atoms with Crippen LogP contribution in [0, 0.1) is 0 Å². The highest BCUT2D eigenvalue weighted by Gasteiger charge is 2.47. The van der Waals surface area contributed by atoms with E-state index in [1.54, 1.807) is 60.9 Å². The fourth-order valence-corrected chi connectivity index (χ4v) is 17.7. The van der Waals surface area contributed by atoms with Gasteiger partial charge in [-0.3, -0.25) is 86.3 Å². The maximum absolute atomic E-state index is 15.8. The zero-order chi connectivity index (χ0) is 99.1. The topological polar surface area (TPSA) is 669 Å². The van der Waals surface area contributed by atoms with E-state index in [-0.39, 0.29) is 102 Å². The Balaban J connectivity index is 1.11. The van der Waals surface area contributed by atoms with E-state index in [2.05, 4.69) is 73.1 Å². The van der Waals surface area contributed by atoms with Gasteiger partial charge in [0.2, 0.25) is 100 Å². The summed E-state index contributed by atoms with van der Waals surface area (Å²) in [4.78, 5) is 281. The quantitative estimate of drug-likeness (QED) is 0.0234. The van der Waals surface area contributed by atoms with E-state index in [1.807, 2.05) is 13.8 Å². The number of thioether (sulfide) groups is 1. The average molecular weight is 1910 g/mol. The number of likely N-dealkylation sites (N-methyl/N-ethyl adjacent to an activating group) is 3. The molecular weight excluding hydrogens is 1780 g/mol. The number of aromatic amines is 3. The third kappa shape index (κ3) is 29.5. The maximum atomic E-state index is 15.8. The first-order valence-electron chi connectivity index (χ1n) is 45.6. The number of aliphatic carboxylic acids is 1. The molecule has 0 bridgehead atoms. The van der Waals surface area contributed by atoms with E-state index in [9.17, 15) is 58.5 Å². The minimum Gasteiger partial charge on any atom is -0.508 e. The van der Waals surface area contributed by atoms with Crippen LogP contribution in [0.15, 0.2) is 97.7 Å². The Labute approximate surface area is 789 Å². The van der Waals surface area contributed by atoms with Gasteiger partial charge in [0.25, 0.3) is 0 Å². The molecule has 17 amide bonds. The largest absolute Gasteiger partial charge is 0.508 e. The normalized spacial score (nSPS) is 24.7. The minimum atomic E-state index is -1.83. The number of aliphatic hydroxyl groups is 1. The Morgan fingerprint density at radius 3 is 1.62 bits per heavy atom. The lowest BCUT2D eigenvalue weighted by Gasteiger charge is -2.36.